The van der Waals surface area contributed by atoms with E-state index in [9.17, 15) is 4.79 Å². The van der Waals surface area contributed by atoms with Crippen molar-refractivity contribution in [2.45, 2.75) is 13.0 Å². The third-order valence-electron chi connectivity index (χ3n) is 3.21. The molecule has 1 unspecified atom stereocenters. The minimum atomic E-state index is -0.705. The molecule has 2 aromatic rings. The van der Waals surface area contributed by atoms with E-state index in [2.05, 4.69) is 5.32 Å². The number of benzene rings is 2. The maximum absolute atomic E-state index is 12.4. The van der Waals surface area contributed by atoms with Gasteiger partial charge in [-0.3, -0.25) is 4.79 Å². The Hall–Kier alpha value is -1.91. The maximum Gasteiger partial charge on any atom is 0.265 e. The molecule has 0 spiro atoms. The average Bonchev–Trinajstić information content (AvgIpc) is 2.49. The molecule has 0 bridgehead atoms. The van der Waals surface area contributed by atoms with Crippen molar-refractivity contribution >= 4 is 40.5 Å². The number of anilines is 2. The quantitative estimate of drug-likeness (QED) is 0.863. The molecule has 122 valence electrons. The van der Waals surface area contributed by atoms with Crippen molar-refractivity contribution in [3.05, 3.63) is 52.5 Å². The fourth-order valence-corrected chi connectivity index (χ4v) is 2.37. The van der Waals surface area contributed by atoms with E-state index in [1.807, 2.05) is 25.1 Å². The molecule has 0 heterocycles. The van der Waals surface area contributed by atoms with Gasteiger partial charge in [-0.15, -0.1) is 0 Å². The SMILES string of the molecule is CC(Oc1ccccc1Cl)C(=O)Nc1cc(Cl)ccc1N(C)C. The lowest BCUT2D eigenvalue weighted by atomic mass is 10.2. The number of hydrogen-bond donors (Lipinski definition) is 1. The third kappa shape index (κ3) is 4.53. The van der Waals surface area contributed by atoms with Crippen molar-refractivity contribution in [1.29, 1.82) is 0 Å². The van der Waals surface area contributed by atoms with Gasteiger partial charge in [0.05, 0.1) is 16.4 Å². The maximum atomic E-state index is 12.4. The fraction of sp³-hybridized carbons (Fsp3) is 0.235. The van der Waals surface area contributed by atoms with Crippen LogP contribution >= 0.6 is 23.2 Å². The monoisotopic (exact) mass is 352 g/mol. The summed E-state index contributed by atoms with van der Waals surface area (Å²) in [6.45, 7) is 1.67. The zero-order chi connectivity index (χ0) is 17.0. The Balaban J connectivity index is 2.13. The van der Waals surface area contributed by atoms with Crippen LogP contribution < -0.4 is 15.0 Å². The van der Waals surface area contributed by atoms with E-state index in [1.54, 1.807) is 43.3 Å². The number of ether oxygens (including phenoxy) is 1. The summed E-state index contributed by atoms with van der Waals surface area (Å²) in [5, 5.41) is 3.85. The van der Waals surface area contributed by atoms with Gasteiger partial charge in [-0.25, -0.2) is 0 Å². The first kappa shape index (κ1) is 17.4. The van der Waals surface area contributed by atoms with E-state index in [0.717, 1.165) is 5.69 Å². The van der Waals surface area contributed by atoms with E-state index < -0.39 is 6.10 Å². The summed E-state index contributed by atoms with van der Waals surface area (Å²) in [6.07, 6.45) is -0.705. The Morgan fingerprint density at radius 1 is 1.17 bits per heavy atom. The Morgan fingerprint density at radius 3 is 2.52 bits per heavy atom. The smallest absolute Gasteiger partial charge is 0.265 e. The van der Waals surface area contributed by atoms with Gasteiger partial charge in [0.15, 0.2) is 6.10 Å². The van der Waals surface area contributed by atoms with Crippen LogP contribution in [0, 0.1) is 0 Å². The van der Waals surface area contributed by atoms with Gasteiger partial charge in [0.25, 0.3) is 5.91 Å². The van der Waals surface area contributed by atoms with E-state index in [0.29, 0.717) is 21.5 Å². The number of halogens is 2. The predicted molar refractivity (Wildman–Crippen MR) is 96.0 cm³/mol. The second-order valence-corrected chi connectivity index (χ2v) is 6.08. The summed E-state index contributed by atoms with van der Waals surface area (Å²) in [5.41, 5.74) is 1.48. The standard InChI is InChI=1S/C17H18Cl2N2O2/c1-11(23-16-7-5-4-6-13(16)19)17(22)20-14-10-12(18)8-9-15(14)21(2)3/h4-11H,1-3H3,(H,20,22). The molecule has 1 atom stereocenters. The molecule has 0 aromatic heterocycles. The van der Waals surface area contributed by atoms with Crippen LogP contribution in [0.2, 0.25) is 10.0 Å². The predicted octanol–water partition coefficient (Wildman–Crippen LogP) is 4.47. The van der Waals surface area contributed by atoms with Crippen LogP contribution in [0.4, 0.5) is 11.4 Å². The van der Waals surface area contributed by atoms with Crippen LogP contribution in [-0.2, 0) is 4.79 Å². The number of carbonyl (C=O) groups is 1. The molecule has 4 nitrogen and oxygen atoms in total. The first-order valence-electron chi connectivity index (χ1n) is 7.07. The van der Waals surface area contributed by atoms with Crippen molar-refractivity contribution in [3.8, 4) is 5.75 Å². The Labute approximate surface area is 146 Å². The lowest BCUT2D eigenvalue weighted by Crippen LogP contribution is -2.30. The minimum absolute atomic E-state index is 0.282. The molecule has 6 heteroatoms. The molecule has 0 aliphatic carbocycles. The molecule has 2 aromatic carbocycles. The molecule has 0 saturated heterocycles. The molecular formula is C17H18Cl2N2O2. The molecule has 0 aliphatic rings. The van der Waals surface area contributed by atoms with Crippen LogP contribution in [-0.4, -0.2) is 26.1 Å². The molecule has 0 saturated carbocycles. The van der Waals surface area contributed by atoms with E-state index in [1.165, 1.54) is 0 Å². The summed E-state index contributed by atoms with van der Waals surface area (Å²) in [6, 6.07) is 12.4. The van der Waals surface area contributed by atoms with Gasteiger partial charge < -0.3 is 15.0 Å². The van der Waals surface area contributed by atoms with Crippen molar-refractivity contribution < 1.29 is 9.53 Å². The van der Waals surface area contributed by atoms with Gasteiger partial charge in [0.1, 0.15) is 5.75 Å². The lowest BCUT2D eigenvalue weighted by Gasteiger charge is -2.20. The molecule has 1 N–H and O–H groups in total. The van der Waals surface area contributed by atoms with Gasteiger partial charge in [-0.05, 0) is 37.3 Å². The van der Waals surface area contributed by atoms with Crippen molar-refractivity contribution in [2.75, 3.05) is 24.3 Å². The molecule has 2 rings (SSSR count). The van der Waals surface area contributed by atoms with E-state index >= 15 is 0 Å². The number of carbonyl (C=O) groups excluding carboxylic acids is 1. The summed E-state index contributed by atoms with van der Waals surface area (Å²) in [7, 11) is 3.78. The Kier molecular flexibility index (Phi) is 5.74. The fourth-order valence-electron chi connectivity index (χ4n) is 2.02. The highest BCUT2D eigenvalue weighted by Crippen LogP contribution is 2.29. The summed E-state index contributed by atoms with van der Waals surface area (Å²) < 4.78 is 5.62. The number of para-hydroxylation sites is 1. The summed E-state index contributed by atoms with van der Waals surface area (Å²) in [4.78, 5) is 14.3. The zero-order valence-electron chi connectivity index (χ0n) is 13.1. The highest BCUT2D eigenvalue weighted by Gasteiger charge is 2.18. The van der Waals surface area contributed by atoms with E-state index in [-0.39, 0.29) is 5.91 Å². The first-order valence-corrected chi connectivity index (χ1v) is 7.83. The number of amides is 1. The zero-order valence-corrected chi connectivity index (χ0v) is 14.7. The van der Waals surface area contributed by atoms with Gasteiger partial charge in [-0.1, -0.05) is 35.3 Å². The molecular weight excluding hydrogens is 335 g/mol. The van der Waals surface area contributed by atoms with Gasteiger partial charge in [0, 0.05) is 19.1 Å². The van der Waals surface area contributed by atoms with Crippen LogP contribution in [0.3, 0.4) is 0 Å². The molecule has 0 radical (unpaired) electrons. The van der Waals surface area contributed by atoms with Crippen LogP contribution in [0.25, 0.3) is 0 Å². The van der Waals surface area contributed by atoms with Gasteiger partial charge in [-0.2, -0.15) is 0 Å². The second kappa shape index (κ2) is 7.57. The van der Waals surface area contributed by atoms with Crippen molar-refractivity contribution in [1.82, 2.24) is 0 Å². The van der Waals surface area contributed by atoms with Crippen LogP contribution in [0.5, 0.6) is 5.75 Å². The Morgan fingerprint density at radius 2 is 1.87 bits per heavy atom. The van der Waals surface area contributed by atoms with Crippen LogP contribution in [0.1, 0.15) is 6.92 Å². The number of nitrogens with zero attached hydrogens (tertiary/aromatic N) is 1. The highest BCUT2D eigenvalue weighted by molar-refractivity contribution is 6.32. The number of nitrogens with one attached hydrogen (secondary N) is 1. The van der Waals surface area contributed by atoms with Gasteiger partial charge >= 0.3 is 0 Å². The normalized spacial score (nSPS) is 11.7. The third-order valence-corrected chi connectivity index (χ3v) is 3.76. The minimum Gasteiger partial charge on any atom is -0.479 e. The summed E-state index contributed by atoms with van der Waals surface area (Å²) >= 11 is 12.1. The van der Waals surface area contributed by atoms with Crippen molar-refractivity contribution in [3.63, 3.8) is 0 Å². The van der Waals surface area contributed by atoms with Gasteiger partial charge in [0.2, 0.25) is 0 Å². The largest absolute Gasteiger partial charge is 0.479 e. The van der Waals surface area contributed by atoms with E-state index in [4.69, 9.17) is 27.9 Å². The lowest BCUT2D eigenvalue weighted by molar-refractivity contribution is -0.122. The van der Waals surface area contributed by atoms with Crippen molar-refractivity contribution in [2.24, 2.45) is 0 Å². The second-order valence-electron chi connectivity index (χ2n) is 5.24. The highest BCUT2D eigenvalue weighted by atomic mass is 35.5. The average molecular weight is 353 g/mol. The van der Waals surface area contributed by atoms with Crippen LogP contribution in [0.15, 0.2) is 42.5 Å². The first-order chi connectivity index (χ1) is 10.9. The summed E-state index contributed by atoms with van der Waals surface area (Å²) in [5.74, 6) is 0.186. The Bertz CT molecular complexity index is 705. The molecule has 0 aliphatic heterocycles. The molecule has 23 heavy (non-hydrogen) atoms. The topological polar surface area (TPSA) is 41.6 Å². The molecule has 1 amide bonds. The number of hydrogen-bond acceptors (Lipinski definition) is 3. The number of rotatable bonds is 5. The molecule has 0 fully saturated rings.